The van der Waals surface area contributed by atoms with Gasteiger partial charge in [-0.25, -0.2) is 0 Å². The van der Waals surface area contributed by atoms with E-state index in [0.29, 0.717) is 11.3 Å². The number of hydrogen-bond donors (Lipinski definition) is 2. The summed E-state index contributed by atoms with van der Waals surface area (Å²) in [5, 5.41) is 22.8. The van der Waals surface area contributed by atoms with E-state index in [-0.39, 0.29) is 24.9 Å². The van der Waals surface area contributed by atoms with Crippen LogP contribution in [0, 0.1) is 11.5 Å². The molecular formula is C29H32N6O3. The van der Waals surface area contributed by atoms with Crippen molar-refractivity contribution in [3.63, 3.8) is 0 Å². The third-order valence-corrected chi connectivity index (χ3v) is 6.66. The number of anilines is 1. The summed E-state index contributed by atoms with van der Waals surface area (Å²) in [6.07, 6.45) is 7.77. The van der Waals surface area contributed by atoms with Gasteiger partial charge in [-0.1, -0.05) is 39.0 Å². The fourth-order valence-corrected chi connectivity index (χ4v) is 4.59. The Bertz CT molecular complexity index is 1290. The number of likely N-dealkylation sites (tertiary alicyclic amines) is 1. The molecule has 196 valence electrons. The molecule has 1 aliphatic rings. The van der Waals surface area contributed by atoms with Gasteiger partial charge in [-0.05, 0) is 46.9 Å². The average molecular weight is 513 g/mol. The van der Waals surface area contributed by atoms with Crippen LogP contribution in [0.5, 0.6) is 0 Å². The topological polar surface area (TPSA) is 122 Å². The van der Waals surface area contributed by atoms with Gasteiger partial charge < -0.3 is 10.4 Å². The van der Waals surface area contributed by atoms with E-state index >= 15 is 0 Å². The molecule has 38 heavy (non-hydrogen) atoms. The number of rotatable bonds is 7. The molecule has 1 saturated heterocycles. The highest BCUT2D eigenvalue weighted by atomic mass is 16.3. The number of carbonyl (C=O) groups excluding carboxylic acids is 2. The first-order valence-electron chi connectivity index (χ1n) is 12.5. The number of pyridine rings is 2. The van der Waals surface area contributed by atoms with Crippen molar-refractivity contribution < 1.29 is 14.7 Å². The first-order valence-corrected chi connectivity index (χ1v) is 12.5. The molecule has 2 N–H and O–H groups in total. The van der Waals surface area contributed by atoms with Crippen molar-refractivity contribution in [1.82, 2.24) is 20.2 Å². The van der Waals surface area contributed by atoms with Crippen molar-refractivity contribution in [3.05, 3.63) is 90.0 Å². The van der Waals surface area contributed by atoms with Gasteiger partial charge in [0.15, 0.2) is 6.19 Å². The van der Waals surface area contributed by atoms with Gasteiger partial charge in [-0.15, -0.1) is 0 Å². The highest BCUT2D eigenvalue weighted by molar-refractivity contribution is 6.04. The maximum atomic E-state index is 14.1. The number of aliphatic hydroxyl groups is 1. The molecule has 0 radical (unpaired) electrons. The number of aromatic nitrogens is 2. The zero-order valence-electron chi connectivity index (χ0n) is 21.8. The van der Waals surface area contributed by atoms with Crippen LogP contribution < -0.4 is 10.2 Å². The molecule has 3 heterocycles. The Hall–Kier alpha value is -4.29. The summed E-state index contributed by atoms with van der Waals surface area (Å²) >= 11 is 0. The predicted molar refractivity (Wildman–Crippen MR) is 142 cm³/mol. The van der Waals surface area contributed by atoms with Crippen LogP contribution in [0.25, 0.3) is 0 Å². The fourth-order valence-electron chi connectivity index (χ4n) is 4.59. The van der Waals surface area contributed by atoms with Crippen LogP contribution in [0.15, 0.2) is 73.3 Å². The lowest BCUT2D eigenvalue weighted by molar-refractivity contribution is -0.128. The van der Waals surface area contributed by atoms with Crippen LogP contribution in [0.1, 0.15) is 49.9 Å². The van der Waals surface area contributed by atoms with Gasteiger partial charge in [0.25, 0.3) is 5.91 Å². The molecule has 3 atom stereocenters. The normalized spacial score (nSPS) is 17.9. The molecule has 1 fully saturated rings. The largest absolute Gasteiger partial charge is 0.391 e. The molecule has 0 saturated carbocycles. The van der Waals surface area contributed by atoms with E-state index in [2.05, 4.69) is 36.1 Å². The maximum Gasteiger partial charge on any atom is 0.251 e. The molecule has 1 unspecified atom stereocenters. The van der Waals surface area contributed by atoms with Crippen molar-refractivity contribution in [2.75, 3.05) is 11.4 Å². The monoisotopic (exact) mass is 512 g/mol. The maximum absolute atomic E-state index is 14.1. The molecule has 9 nitrogen and oxygen atoms in total. The molecule has 0 bridgehead atoms. The van der Waals surface area contributed by atoms with E-state index in [1.807, 2.05) is 30.5 Å². The smallest absolute Gasteiger partial charge is 0.251 e. The Balaban J connectivity index is 1.78. The summed E-state index contributed by atoms with van der Waals surface area (Å²) in [7, 11) is 0. The minimum Gasteiger partial charge on any atom is -0.391 e. The summed E-state index contributed by atoms with van der Waals surface area (Å²) in [5.74, 6) is -0.843. The van der Waals surface area contributed by atoms with Crippen molar-refractivity contribution in [2.24, 2.45) is 0 Å². The first-order chi connectivity index (χ1) is 18.2. The number of nitrogens with zero attached hydrogens (tertiary/aromatic N) is 5. The van der Waals surface area contributed by atoms with E-state index in [4.69, 9.17) is 0 Å². The van der Waals surface area contributed by atoms with E-state index in [9.17, 15) is 20.0 Å². The Labute approximate surface area is 222 Å². The summed E-state index contributed by atoms with van der Waals surface area (Å²) in [5.41, 5.74) is 2.86. The van der Waals surface area contributed by atoms with Crippen LogP contribution in [0.3, 0.4) is 0 Å². The highest BCUT2D eigenvalue weighted by Gasteiger charge is 2.42. The first kappa shape index (κ1) is 26.8. The summed E-state index contributed by atoms with van der Waals surface area (Å²) in [6.45, 7) is 6.60. The van der Waals surface area contributed by atoms with Crippen LogP contribution in [-0.2, 0) is 21.5 Å². The lowest BCUT2D eigenvalue weighted by Gasteiger charge is -2.34. The summed E-state index contributed by atoms with van der Waals surface area (Å²) < 4.78 is 0. The Kier molecular flexibility index (Phi) is 8.03. The Morgan fingerprint density at radius 2 is 1.84 bits per heavy atom. The van der Waals surface area contributed by atoms with Gasteiger partial charge in [0.2, 0.25) is 5.91 Å². The highest BCUT2D eigenvalue weighted by Crippen LogP contribution is 2.33. The number of β-amino-alcohol motifs (C(OH)–C–C–N with tert-alkyl or cyclic N) is 1. The van der Waals surface area contributed by atoms with Gasteiger partial charge >= 0.3 is 0 Å². The quantitative estimate of drug-likeness (QED) is 0.467. The fraction of sp³-hybridized carbons (Fsp3) is 0.345. The molecule has 1 aromatic carbocycles. The molecule has 2 aromatic heterocycles. The summed E-state index contributed by atoms with van der Waals surface area (Å²) in [4.78, 5) is 38.9. The predicted octanol–water partition coefficient (Wildman–Crippen LogP) is 3.08. The van der Waals surface area contributed by atoms with Gasteiger partial charge in [0.1, 0.15) is 12.1 Å². The van der Waals surface area contributed by atoms with Crippen molar-refractivity contribution in [2.45, 2.75) is 57.3 Å². The van der Waals surface area contributed by atoms with Crippen LogP contribution in [0.2, 0.25) is 0 Å². The Morgan fingerprint density at radius 1 is 1.13 bits per heavy atom. The number of aliphatic hydroxyl groups excluding tert-OH is 1. The van der Waals surface area contributed by atoms with Crippen LogP contribution >= 0.6 is 0 Å². The average Bonchev–Trinajstić information content (AvgIpc) is 3.31. The molecule has 0 aliphatic carbocycles. The minimum atomic E-state index is -1.06. The van der Waals surface area contributed by atoms with E-state index in [0.717, 1.165) is 11.1 Å². The van der Waals surface area contributed by atoms with Crippen molar-refractivity contribution >= 4 is 17.5 Å². The Morgan fingerprint density at radius 3 is 2.45 bits per heavy atom. The molecule has 9 heteroatoms. The van der Waals surface area contributed by atoms with Crippen molar-refractivity contribution in [1.29, 1.82) is 5.26 Å². The SMILES string of the molecule is CC(C)(C)c1ccc(N(C(=O)[C@H]2C[C@@H](O)CN2C#N)C(C(=O)NCc2ccncc2)c2cccnc2)cc1. The number of carbonyl (C=O) groups is 2. The zero-order chi connectivity index (χ0) is 27.3. The van der Waals surface area contributed by atoms with Gasteiger partial charge in [0.05, 0.1) is 12.6 Å². The summed E-state index contributed by atoms with van der Waals surface area (Å²) in [6, 6.07) is 12.6. The van der Waals surface area contributed by atoms with Gasteiger partial charge in [-0.2, -0.15) is 5.26 Å². The minimum absolute atomic E-state index is 0.0650. The van der Waals surface area contributed by atoms with Crippen LogP contribution in [0.4, 0.5) is 5.69 Å². The molecule has 1 aliphatic heterocycles. The van der Waals surface area contributed by atoms with E-state index in [1.165, 1.54) is 9.80 Å². The molecule has 0 spiro atoms. The van der Waals surface area contributed by atoms with Crippen LogP contribution in [-0.4, -0.2) is 50.5 Å². The van der Waals surface area contributed by atoms with Gasteiger partial charge in [0, 0.05) is 49.0 Å². The number of nitriles is 1. The van der Waals surface area contributed by atoms with Crippen molar-refractivity contribution in [3.8, 4) is 6.19 Å². The second-order valence-electron chi connectivity index (χ2n) is 10.4. The second-order valence-corrected chi connectivity index (χ2v) is 10.4. The third kappa shape index (κ3) is 5.98. The number of amides is 2. The number of nitrogens with one attached hydrogen (secondary N) is 1. The zero-order valence-corrected chi connectivity index (χ0v) is 21.8. The number of hydrogen-bond acceptors (Lipinski definition) is 7. The lowest BCUT2D eigenvalue weighted by atomic mass is 9.87. The standard InChI is InChI=1S/C29H32N6O3/c1-29(2,3)22-6-8-23(9-7-22)35(28(38)25-15-24(36)18-34(25)19-30)26(21-5-4-12-32-17-21)27(37)33-16-20-10-13-31-14-11-20/h4-14,17,24-26,36H,15-16,18H2,1-3H3,(H,33,37)/t24-,25-,26?/m1/s1. The molecule has 4 rings (SSSR count). The number of benzene rings is 1. The molecule has 2 amide bonds. The lowest BCUT2D eigenvalue weighted by Crippen LogP contribution is -2.50. The second kappa shape index (κ2) is 11.4. The molecule has 3 aromatic rings. The molecular weight excluding hydrogens is 480 g/mol. The third-order valence-electron chi connectivity index (χ3n) is 6.66. The van der Waals surface area contributed by atoms with E-state index in [1.54, 1.807) is 49.1 Å². The van der Waals surface area contributed by atoms with Gasteiger partial charge in [-0.3, -0.25) is 29.4 Å². The van der Waals surface area contributed by atoms with E-state index < -0.39 is 30.0 Å².